The first-order valence-electron chi connectivity index (χ1n) is 8.06. The number of nitrogens with zero attached hydrogens (tertiary/aromatic N) is 1. The first kappa shape index (κ1) is 16.7. The third-order valence-electron chi connectivity index (χ3n) is 5.27. The van der Waals surface area contributed by atoms with E-state index < -0.39 is 29.9 Å². The van der Waals surface area contributed by atoms with Crippen LogP contribution in [0.2, 0.25) is 0 Å². The highest BCUT2D eigenvalue weighted by atomic mass is 19.3. The SMILES string of the molecule is O=C(NC(c1ccccc1)C(F)F)N1C[C@@H]2CCC[C@@]2(C(=O)O)C1. The maximum absolute atomic E-state index is 13.3. The Kier molecular flexibility index (Phi) is 4.43. The molecule has 0 bridgehead atoms. The number of carboxylic acid groups (broad SMARTS) is 1. The fourth-order valence-electron chi connectivity index (χ4n) is 3.97. The van der Waals surface area contributed by atoms with Gasteiger partial charge in [-0.3, -0.25) is 4.79 Å². The molecule has 2 amide bonds. The average molecular weight is 338 g/mol. The number of hydrogen-bond acceptors (Lipinski definition) is 2. The molecule has 1 heterocycles. The van der Waals surface area contributed by atoms with E-state index in [1.165, 1.54) is 17.0 Å². The molecule has 7 heteroatoms. The van der Waals surface area contributed by atoms with E-state index in [0.29, 0.717) is 18.5 Å². The third kappa shape index (κ3) is 2.83. The maximum Gasteiger partial charge on any atom is 0.318 e. The number of amides is 2. The summed E-state index contributed by atoms with van der Waals surface area (Å²) in [5.74, 6) is -0.990. The molecule has 2 aliphatic rings. The molecule has 3 rings (SSSR count). The standard InChI is InChI=1S/C17H20F2N2O3/c18-14(19)13(11-5-2-1-3-6-11)20-16(24)21-9-12-7-4-8-17(12,10-21)15(22)23/h1-3,5-6,12-14H,4,7-10H2,(H,20,24)(H,22,23)/t12-,13?,17+/m0/s1. The van der Waals surface area contributed by atoms with Crippen molar-refractivity contribution in [2.75, 3.05) is 13.1 Å². The summed E-state index contributed by atoms with van der Waals surface area (Å²) in [6.45, 7) is 0.395. The summed E-state index contributed by atoms with van der Waals surface area (Å²) in [7, 11) is 0. The zero-order chi connectivity index (χ0) is 17.3. The van der Waals surface area contributed by atoms with E-state index in [1.807, 2.05) is 0 Å². The smallest absolute Gasteiger partial charge is 0.318 e. The van der Waals surface area contributed by atoms with E-state index in [1.54, 1.807) is 18.2 Å². The minimum absolute atomic E-state index is 0.0869. The van der Waals surface area contributed by atoms with Crippen LogP contribution in [0.15, 0.2) is 30.3 Å². The molecule has 1 aromatic rings. The van der Waals surface area contributed by atoms with Crippen LogP contribution in [-0.4, -0.2) is 41.5 Å². The Morgan fingerprint density at radius 3 is 2.58 bits per heavy atom. The van der Waals surface area contributed by atoms with Crippen LogP contribution in [0.1, 0.15) is 30.9 Å². The Labute approximate surface area is 138 Å². The molecular formula is C17H20F2N2O3. The lowest BCUT2D eigenvalue weighted by atomic mass is 9.81. The number of urea groups is 1. The van der Waals surface area contributed by atoms with Gasteiger partial charge in [0.1, 0.15) is 6.04 Å². The molecule has 1 unspecified atom stereocenters. The Hall–Kier alpha value is -2.18. The van der Waals surface area contributed by atoms with Crippen molar-refractivity contribution in [3.8, 4) is 0 Å². The zero-order valence-electron chi connectivity index (χ0n) is 13.1. The molecule has 0 spiro atoms. The Bertz CT molecular complexity index is 626. The van der Waals surface area contributed by atoms with Gasteiger partial charge < -0.3 is 15.3 Å². The number of carbonyl (C=O) groups is 2. The lowest BCUT2D eigenvalue weighted by molar-refractivity contribution is -0.149. The first-order valence-corrected chi connectivity index (χ1v) is 8.06. The van der Waals surface area contributed by atoms with E-state index in [-0.39, 0.29) is 12.5 Å². The quantitative estimate of drug-likeness (QED) is 0.887. The largest absolute Gasteiger partial charge is 0.481 e. The fourth-order valence-corrected chi connectivity index (χ4v) is 3.97. The van der Waals surface area contributed by atoms with Gasteiger partial charge in [0.25, 0.3) is 6.43 Å². The van der Waals surface area contributed by atoms with Gasteiger partial charge in [-0.15, -0.1) is 0 Å². The molecular weight excluding hydrogens is 318 g/mol. The lowest BCUT2D eigenvalue weighted by Crippen LogP contribution is -2.44. The Morgan fingerprint density at radius 2 is 2.00 bits per heavy atom. The minimum Gasteiger partial charge on any atom is -0.481 e. The van der Waals surface area contributed by atoms with Gasteiger partial charge in [-0.1, -0.05) is 36.8 Å². The second-order valence-corrected chi connectivity index (χ2v) is 6.60. The highest BCUT2D eigenvalue weighted by molar-refractivity contribution is 5.80. The van der Waals surface area contributed by atoms with Crippen LogP contribution < -0.4 is 5.32 Å². The second-order valence-electron chi connectivity index (χ2n) is 6.60. The summed E-state index contributed by atoms with van der Waals surface area (Å²) >= 11 is 0. The number of rotatable bonds is 4. The summed E-state index contributed by atoms with van der Waals surface area (Å²) < 4.78 is 26.7. The fraction of sp³-hybridized carbons (Fsp3) is 0.529. The highest BCUT2D eigenvalue weighted by Gasteiger charge is 2.56. The van der Waals surface area contributed by atoms with Crippen LogP contribution in [0.5, 0.6) is 0 Å². The molecule has 1 aliphatic carbocycles. The van der Waals surface area contributed by atoms with Crippen molar-refractivity contribution in [2.45, 2.75) is 31.7 Å². The summed E-state index contributed by atoms with van der Waals surface area (Å²) in [4.78, 5) is 25.4. The summed E-state index contributed by atoms with van der Waals surface area (Å²) in [6, 6.07) is 6.03. The number of nitrogens with one attached hydrogen (secondary N) is 1. The Morgan fingerprint density at radius 1 is 1.29 bits per heavy atom. The summed E-state index contributed by atoms with van der Waals surface area (Å²) in [5.41, 5.74) is -0.585. The van der Waals surface area contributed by atoms with E-state index >= 15 is 0 Å². The normalized spacial score (nSPS) is 27.1. The molecule has 5 nitrogen and oxygen atoms in total. The van der Waals surface area contributed by atoms with E-state index in [9.17, 15) is 23.5 Å². The van der Waals surface area contributed by atoms with Crippen LogP contribution in [0.3, 0.4) is 0 Å². The number of hydrogen-bond donors (Lipinski definition) is 2. The number of carboxylic acids is 1. The molecule has 0 radical (unpaired) electrons. The number of benzene rings is 1. The first-order chi connectivity index (χ1) is 11.4. The predicted molar refractivity (Wildman–Crippen MR) is 82.7 cm³/mol. The minimum atomic E-state index is -2.74. The van der Waals surface area contributed by atoms with E-state index in [4.69, 9.17) is 0 Å². The monoisotopic (exact) mass is 338 g/mol. The molecule has 130 valence electrons. The van der Waals surface area contributed by atoms with Crippen molar-refractivity contribution in [3.05, 3.63) is 35.9 Å². The molecule has 1 saturated carbocycles. The molecule has 0 aromatic heterocycles. The van der Waals surface area contributed by atoms with Gasteiger partial charge in [-0.05, 0) is 24.3 Å². The molecule has 1 aliphatic heterocycles. The van der Waals surface area contributed by atoms with Gasteiger partial charge >= 0.3 is 12.0 Å². The number of aliphatic carboxylic acids is 1. The number of alkyl halides is 2. The molecule has 1 saturated heterocycles. The van der Waals surface area contributed by atoms with Crippen molar-refractivity contribution in [2.24, 2.45) is 11.3 Å². The predicted octanol–water partition coefficient (Wildman–Crippen LogP) is 2.89. The summed E-state index contributed by atoms with van der Waals surface area (Å²) in [6.07, 6.45) is -0.622. The van der Waals surface area contributed by atoms with E-state index in [0.717, 1.165) is 12.8 Å². The van der Waals surface area contributed by atoms with Crippen molar-refractivity contribution >= 4 is 12.0 Å². The van der Waals surface area contributed by atoms with Gasteiger partial charge in [-0.25, -0.2) is 13.6 Å². The molecule has 2 fully saturated rings. The van der Waals surface area contributed by atoms with Crippen LogP contribution in [0.25, 0.3) is 0 Å². The molecule has 3 atom stereocenters. The molecule has 2 N–H and O–H groups in total. The lowest BCUT2D eigenvalue weighted by Gasteiger charge is -2.25. The van der Waals surface area contributed by atoms with Gasteiger partial charge in [-0.2, -0.15) is 0 Å². The molecule has 1 aromatic carbocycles. The highest BCUT2D eigenvalue weighted by Crippen LogP contribution is 2.48. The number of likely N-dealkylation sites (tertiary alicyclic amines) is 1. The van der Waals surface area contributed by atoms with Gasteiger partial charge in [0.15, 0.2) is 0 Å². The second kappa shape index (κ2) is 6.37. The van der Waals surface area contributed by atoms with E-state index in [2.05, 4.69) is 5.32 Å². The van der Waals surface area contributed by atoms with Crippen LogP contribution in [-0.2, 0) is 4.79 Å². The zero-order valence-corrected chi connectivity index (χ0v) is 13.1. The van der Waals surface area contributed by atoms with Crippen LogP contribution in [0.4, 0.5) is 13.6 Å². The number of halogens is 2. The number of carbonyl (C=O) groups excluding carboxylic acids is 1. The van der Waals surface area contributed by atoms with Crippen LogP contribution >= 0.6 is 0 Å². The van der Waals surface area contributed by atoms with Gasteiger partial charge in [0, 0.05) is 13.1 Å². The molecule has 24 heavy (non-hydrogen) atoms. The average Bonchev–Trinajstić information content (AvgIpc) is 3.11. The third-order valence-corrected chi connectivity index (χ3v) is 5.27. The van der Waals surface area contributed by atoms with Gasteiger partial charge in [0.2, 0.25) is 0 Å². The van der Waals surface area contributed by atoms with Crippen LogP contribution in [0, 0.1) is 11.3 Å². The topological polar surface area (TPSA) is 69.6 Å². The number of fused-ring (bicyclic) bond motifs is 1. The van der Waals surface area contributed by atoms with Crippen molar-refractivity contribution in [1.82, 2.24) is 10.2 Å². The van der Waals surface area contributed by atoms with Crippen molar-refractivity contribution < 1.29 is 23.5 Å². The maximum atomic E-state index is 13.3. The van der Waals surface area contributed by atoms with Gasteiger partial charge in [0.05, 0.1) is 5.41 Å². The van der Waals surface area contributed by atoms with Crippen molar-refractivity contribution in [3.63, 3.8) is 0 Å². The summed E-state index contributed by atoms with van der Waals surface area (Å²) in [5, 5.41) is 11.9. The Balaban J connectivity index is 1.72. The van der Waals surface area contributed by atoms with Crippen molar-refractivity contribution in [1.29, 1.82) is 0 Å².